The first kappa shape index (κ1) is 54.1. The van der Waals surface area contributed by atoms with E-state index in [4.69, 9.17) is 4.98 Å². The van der Waals surface area contributed by atoms with Crippen molar-refractivity contribution in [1.29, 1.82) is 0 Å². The smallest absolute Gasteiger partial charge is 0.0540 e. The molecule has 15 aromatic rings. The van der Waals surface area contributed by atoms with E-state index in [1.165, 1.54) is 21.5 Å². The number of aryl methyl sites for hydroxylation is 2. The summed E-state index contributed by atoms with van der Waals surface area (Å²) < 4.78 is 0. The van der Waals surface area contributed by atoms with Gasteiger partial charge in [0.2, 0.25) is 0 Å². The van der Waals surface area contributed by atoms with Gasteiger partial charge >= 0.3 is 0 Å². The Hall–Kier alpha value is -11.5. The SMILES string of the molecule is Cc1nc(C)c(-c2cc(N(c3ccccc3)c3cccc4ccccc34)cc(N(c3ccccc3)c3cccc4ccccc34)c2)c(C)c1-c1cc(N(c2ccccc2)c2cccc3ccccc23)cc(N(c2ccccc2)c2cccc3ccccc23)c1. The highest BCUT2D eigenvalue weighted by atomic mass is 15.2. The molecule has 424 valence electrons. The lowest BCUT2D eigenvalue weighted by Crippen LogP contribution is -2.15. The summed E-state index contributed by atoms with van der Waals surface area (Å²) in [5, 5.41) is 9.30. The Balaban J connectivity index is 1.03. The zero-order chi connectivity index (χ0) is 59.8. The molecule has 0 aliphatic heterocycles. The van der Waals surface area contributed by atoms with Crippen molar-refractivity contribution in [3.05, 3.63) is 345 Å². The standard InChI is InChI=1S/C84H63N5/c1-58-83(65-52-71(86(67-36-8-4-9-37-67)79-48-24-32-61-28-16-20-44-75(61)79)56-72(53-65)87(68-38-10-5-11-39-68)80-49-25-33-62-29-17-21-45-76(62)80)59(2)85-60(3)84(58)66-54-73(88(69-40-12-6-13-41-69)81-50-26-34-63-30-18-22-46-77(63)81)57-74(55-66)89(70-42-14-7-15-43-70)82-51-27-35-64-31-19-23-47-78(64)82/h4-57H,1-3H3. The molecule has 0 saturated carbocycles. The minimum Gasteiger partial charge on any atom is -0.310 e. The van der Waals surface area contributed by atoms with Gasteiger partial charge in [0.05, 0.1) is 22.7 Å². The topological polar surface area (TPSA) is 25.9 Å². The number of anilines is 12. The van der Waals surface area contributed by atoms with Crippen LogP contribution in [0, 0.1) is 20.8 Å². The third kappa shape index (κ3) is 10.1. The van der Waals surface area contributed by atoms with Crippen molar-refractivity contribution >= 4 is 111 Å². The van der Waals surface area contributed by atoms with Gasteiger partial charge < -0.3 is 19.6 Å². The number of para-hydroxylation sites is 4. The zero-order valence-corrected chi connectivity index (χ0v) is 49.9. The molecule has 5 heteroatoms. The lowest BCUT2D eigenvalue weighted by molar-refractivity contribution is 1.11. The number of fused-ring (bicyclic) bond motifs is 4. The van der Waals surface area contributed by atoms with E-state index in [9.17, 15) is 0 Å². The Bertz CT molecular complexity index is 4470. The van der Waals surface area contributed by atoms with Crippen LogP contribution in [-0.4, -0.2) is 4.98 Å². The summed E-state index contributed by atoms with van der Waals surface area (Å²) >= 11 is 0. The van der Waals surface area contributed by atoms with Gasteiger partial charge in [0.25, 0.3) is 0 Å². The van der Waals surface area contributed by atoms with Crippen LogP contribution in [0.1, 0.15) is 17.0 Å². The average molecular weight is 1140 g/mol. The summed E-state index contributed by atoms with van der Waals surface area (Å²) in [7, 11) is 0. The average Bonchev–Trinajstić information content (AvgIpc) is 1.20. The first-order valence-electron chi connectivity index (χ1n) is 30.5. The lowest BCUT2D eigenvalue weighted by Gasteiger charge is -2.32. The molecule has 0 fully saturated rings. The van der Waals surface area contributed by atoms with Crippen molar-refractivity contribution in [3.63, 3.8) is 0 Å². The van der Waals surface area contributed by atoms with Crippen molar-refractivity contribution in [2.75, 3.05) is 19.6 Å². The Kier molecular flexibility index (Phi) is 14.2. The molecule has 0 unspecified atom stereocenters. The van der Waals surface area contributed by atoms with Gasteiger partial charge in [0.15, 0.2) is 0 Å². The second-order valence-corrected chi connectivity index (χ2v) is 22.8. The maximum absolute atomic E-state index is 5.66. The predicted molar refractivity (Wildman–Crippen MR) is 378 cm³/mol. The van der Waals surface area contributed by atoms with Crippen molar-refractivity contribution in [1.82, 2.24) is 4.98 Å². The van der Waals surface area contributed by atoms with Crippen LogP contribution in [0.5, 0.6) is 0 Å². The van der Waals surface area contributed by atoms with Crippen molar-refractivity contribution in [2.24, 2.45) is 0 Å². The van der Waals surface area contributed by atoms with Crippen molar-refractivity contribution < 1.29 is 0 Å². The van der Waals surface area contributed by atoms with Gasteiger partial charge in [-0.2, -0.15) is 0 Å². The molecular weight excluding hydrogens is 1080 g/mol. The van der Waals surface area contributed by atoms with Crippen LogP contribution in [0.2, 0.25) is 0 Å². The normalized spacial score (nSPS) is 11.3. The molecule has 0 aliphatic carbocycles. The number of aromatic nitrogens is 1. The monoisotopic (exact) mass is 1140 g/mol. The molecule has 1 heterocycles. The maximum atomic E-state index is 5.66. The first-order valence-corrected chi connectivity index (χ1v) is 30.5. The van der Waals surface area contributed by atoms with Gasteiger partial charge in [-0.15, -0.1) is 0 Å². The molecule has 0 spiro atoms. The van der Waals surface area contributed by atoms with Crippen LogP contribution in [0.3, 0.4) is 0 Å². The Morgan fingerprint density at radius 2 is 0.438 bits per heavy atom. The highest BCUT2D eigenvalue weighted by Crippen LogP contribution is 2.50. The molecule has 0 aliphatic rings. The molecule has 0 N–H and O–H groups in total. The molecule has 0 bridgehead atoms. The summed E-state index contributed by atoms with van der Waals surface area (Å²) in [4.78, 5) is 15.4. The van der Waals surface area contributed by atoms with Crippen LogP contribution in [0.4, 0.5) is 68.2 Å². The lowest BCUT2D eigenvalue weighted by atomic mass is 9.89. The molecule has 0 saturated heterocycles. The Labute approximate surface area is 520 Å². The fourth-order valence-corrected chi connectivity index (χ4v) is 13.5. The number of rotatable bonds is 14. The van der Waals surface area contributed by atoms with Crippen LogP contribution < -0.4 is 19.6 Å². The van der Waals surface area contributed by atoms with E-state index in [0.717, 1.165) is 129 Å². The van der Waals surface area contributed by atoms with Crippen LogP contribution in [-0.2, 0) is 0 Å². The predicted octanol–water partition coefficient (Wildman–Crippen LogP) is 23.8. The van der Waals surface area contributed by atoms with E-state index in [0.29, 0.717) is 0 Å². The fourth-order valence-electron chi connectivity index (χ4n) is 13.5. The van der Waals surface area contributed by atoms with Crippen LogP contribution >= 0.6 is 0 Å². The molecule has 1 aromatic heterocycles. The van der Waals surface area contributed by atoms with E-state index >= 15 is 0 Å². The molecular formula is C84H63N5. The second kappa shape index (κ2) is 23.4. The maximum Gasteiger partial charge on any atom is 0.0540 e. The number of hydrogen-bond acceptors (Lipinski definition) is 5. The molecule has 5 nitrogen and oxygen atoms in total. The fraction of sp³-hybridized carbons (Fsp3) is 0.0357. The Morgan fingerprint density at radius 1 is 0.213 bits per heavy atom. The summed E-state index contributed by atoms with van der Waals surface area (Å²) in [5.74, 6) is 0. The van der Waals surface area contributed by atoms with E-state index in [-0.39, 0.29) is 0 Å². The highest BCUT2D eigenvalue weighted by molar-refractivity contribution is 6.05. The van der Waals surface area contributed by atoms with E-state index in [1.807, 2.05) is 0 Å². The van der Waals surface area contributed by atoms with E-state index in [1.54, 1.807) is 0 Å². The minimum absolute atomic E-state index is 0.944. The molecule has 15 rings (SSSR count). The Morgan fingerprint density at radius 3 is 0.697 bits per heavy atom. The zero-order valence-electron chi connectivity index (χ0n) is 49.9. The molecule has 0 amide bonds. The van der Waals surface area contributed by atoms with E-state index in [2.05, 4.69) is 368 Å². The van der Waals surface area contributed by atoms with Gasteiger partial charge in [0, 0.05) is 89.6 Å². The third-order valence-electron chi connectivity index (χ3n) is 17.3. The third-order valence-corrected chi connectivity index (χ3v) is 17.3. The first-order chi connectivity index (χ1) is 43.9. The highest BCUT2D eigenvalue weighted by Gasteiger charge is 2.27. The molecule has 14 aromatic carbocycles. The van der Waals surface area contributed by atoms with Gasteiger partial charge in [-0.25, -0.2) is 0 Å². The van der Waals surface area contributed by atoms with Crippen LogP contribution in [0.25, 0.3) is 65.3 Å². The number of hydrogen-bond donors (Lipinski definition) is 0. The summed E-state index contributed by atoms with van der Waals surface area (Å²) in [6, 6.07) is 119. The number of nitrogens with zero attached hydrogens (tertiary/aromatic N) is 5. The van der Waals surface area contributed by atoms with E-state index < -0.39 is 0 Å². The quantitative estimate of drug-likeness (QED) is 0.108. The van der Waals surface area contributed by atoms with Gasteiger partial charge in [-0.05, 0) is 168 Å². The second-order valence-electron chi connectivity index (χ2n) is 22.8. The van der Waals surface area contributed by atoms with Crippen molar-refractivity contribution in [2.45, 2.75) is 20.8 Å². The molecule has 89 heavy (non-hydrogen) atoms. The molecule has 0 radical (unpaired) electrons. The summed E-state index contributed by atoms with van der Waals surface area (Å²) in [5.41, 5.74) is 19.8. The summed E-state index contributed by atoms with van der Waals surface area (Å²) in [6.45, 7) is 6.67. The minimum atomic E-state index is 0.944. The molecule has 0 atom stereocenters. The van der Waals surface area contributed by atoms with Gasteiger partial charge in [0.1, 0.15) is 0 Å². The van der Waals surface area contributed by atoms with Crippen LogP contribution in [0.15, 0.2) is 328 Å². The van der Waals surface area contributed by atoms with Gasteiger partial charge in [-0.1, -0.05) is 218 Å². The number of benzene rings is 14. The number of pyridine rings is 1. The summed E-state index contributed by atoms with van der Waals surface area (Å²) in [6.07, 6.45) is 0. The van der Waals surface area contributed by atoms with Gasteiger partial charge in [-0.3, -0.25) is 4.98 Å². The van der Waals surface area contributed by atoms with Crippen molar-refractivity contribution in [3.8, 4) is 22.3 Å². The largest absolute Gasteiger partial charge is 0.310 e.